The maximum Gasteiger partial charge on any atom is 0.251 e. The van der Waals surface area contributed by atoms with Crippen molar-refractivity contribution in [1.29, 1.82) is 0 Å². The molecule has 1 aromatic carbocycles. The summed E-state index contributed by atoms with van der Waals surface area (Å²) in [5.41, 5.74) is 1.50. The maximum atomic E-state index is 11.7. The molecule has 0 fully saturated rings. The van der Waals surface area contributed by atoms with Gasteiger partial charge in [0.05, 0.1) is 6.26 Å². The van der Waals surface area contributed by atoms with Crippen molar-refractivity contribution in [2.75, 3.05) is 31.2 Å². The number of nitrogens with one attached hydrogen (secondary N) is 3. The Labute approximate surface area is 113 Å². The molecule has 7 heteroatoms. The Bertz CT molecular complexity index is 512. The molecular weight excluding hydrogens is 266 g/mol. The molecule has 19 heavy (non-hydrogen) atoms. The van der Waals surface area contributed by atoms with Crippen molar-refractivity contribution in [3.05, 3.63) is 29.8 Å². The van der Waals surface area contributed by atoms with Crippen LogP contribution in [0.25, 0.3) is 0 Å². The predicted molar refractivity (Wildman–Crippen MR) is 75.8 cm³/mol. The Morgan fingerprint density at radius 3 is 2.32 bits per heavy atom. The van der Waals surface area contributed by atoms with Gasteiger partial charge in [-0.15, -0.1) is 0 Å². The number of carbonyl (C=O) groups excluding carboxylic acids is 1. The van der Waals surface area contributed by atoms with Crippen LogP contribution in [0.1, 0.15) is 17.3 Å². The summed E-state index contributed by atoms with van der Waals surface area (Å²) in [6.07, 6.45) is 1.08. The lowest BCUT2D eigenvalue weighted by atomic mass is 10.2. The van der Waals surface area contributed by atoms with E-state index < -0.39 is 10.0 Å². The summed E-state index contributed by atoms with van der Waals surface area (Å²) in [5.74, 6) is -0.224. The molecule has 106 valence electrons. The van der Waals surface area contributed by atoms with Crippen LogP contribution < -0.4 is 15.4 Å². The van der Waals surface area contributed by atoms with E-state index >= 15 is 0 Å². The van der Waals surface area contributed by atoms with Crippen molar-refractivity contribution in [2.24, 2.45) is 0 Å². The molecule has 0 saturated carbocycles. The molecule has 0 radical (unpaired) electrons. The van der Waals surface area contributed by atoms with Crippen molar-refractivity contribution in [1.82, 2.24) is 10.0 Å². The highest BCUT2D eigenvalue weighted by atomic mass is 32.2. The third-order valence-corrected chi connectivity index (χ3v) is 3.03. The first-order valence-corrected chi connectivity index (χ1v) is 7.88. The molecule has 0 aliphatic heterocycles. The molecule has 1 aromatic rings. The second kappa shape index (κ2) is 7.10. The Morgan fingerprint density at radius 1 is 1.16 bits per heavy atom. The molecule has 0 heterocycles. The molecule has 0 unspecified atom stereocenters. The first kappa shape index (κ1) is 15.5. The van der Waals surface area contributed by atoms with Gasteiger partial charge in [0.2, 0.25) is 10.0 Å². The average Bonchev–Trinajstić information content (AvgIpc) is 2.34. The fourth-order valence-corrected chi connectivity index (χ4v) is 1.93. The van der Waals surface area contributed by atoms with Gasteiger partial charge < -0.3 is 10.6 Å². The largest absolute Gasteiger partial charge is 0.385 e. The Hall–Kier alpha value is -1.60. The fraction of sp³-hybridized carbons (Fsp3) is 0.417. The van der Waals surface area contributed by atoms with Gasteiger partial charge in [-0.1, -0.05) is 0 Å². The van der Waals surface area contributed by atoms with Gasteiger partial charge in [0, 0.05) is 30.9 Å². The van der Waals surface area contributed by atoms with Crippen LogP contribution in [0, 0.1) is 0 Å². The summed E-state index contributed by atoms with van der Waals surface area (Å²) >= 11 is 0. The van der Waals surface area contributed by atoms with E-state index in [0.717, 1.165) is 18.5 Å². The molecule has 0 saturated heterocycles. The van der Waals surface area contributed by atoms with Crippen molar-refractivity contribution in [3.8, 4) is 0 Å². The lowest BCUT2D eigenvalue weighted by molar-refractivity contribution is 0.0954. The highest BCUT2D eigenvalue weighted by Gasteiger charge is 2.05. The summed E-state index contributed by atoms with van der Waals surface area (Å²) in [5, 5.41) is 5.77. The molecule has 0 atom stereocenters. The highest BCUT2D eigenvalue weighted by molar-refractivity contribution is 7.88. The second-order valence-electron chi connectivity index (χ2n) is 4.03. The van der Waals surface area contributed by atoms with Crippen LogP contribution >= 0.6 is 0 Å². The highest BCUT2D eigenvalue weighted by Crippen LogP contribution is 2.08. The van der Waals surface area contributed by atoms with E-state index in [4.69, 9.17) is 0 Å². The van der Waals surface area contributed by atoms with Gasteiger partial charge in [0.1, 0.15) is 0 Å². The molecule has 1 amide bonds. The molecule has 0 aliphatic carbocycles. The topological polar surface area (TPSA) is 87.3 Å². The molecule has 0 aliphatic rings. The number of carbonyl (C=O) groups is 1. The maximum absolute atomic E-state index is 11.7. The summed E-state index contributed by atoms with van der Waals surface area (Å²) < 4.78 is 23.9. The van der Waals surface area contributed by atoms with E-state index in [1.807, 2.05) is 19.1 Å². The zero-order valence-corrected chi connectivity index (χ0v) is 11.9. The van der Waals surface area contributed by atoms with Crippen LogP contribution in [-0.4, -0.2) is 40.2 Å². The van der Waals surface area contributed by atoms with Crippen LogP contribution in [0.2, 0.25) is 0 Å². The Kier molecular flexibility index (Phi) is 5.78. The van der Waals surface area contributed by atoms with E-state index in [2.05, 4.69) is 15.4 Å². The van der Waals surface area contributed by atoms with Gasteiger partial charge in [-0.05, 0) is 31.2 Å². The quantitative estimate of drug-likeness (QED) is 0.633. The number of anilines is 1. The first-order chi connectivity index (χ1) is 8.92. The standard InChI is InChI=1S/C12H19N3O3S/c1-3-13-11-6-4-10(5-7-11)12(16)14-8-9-15-19(2,17)18/h4-7,13,15H,3,8-9H2,1-2H3,(H,14,16). The molecule has 0 bridgehead atoms. The van der Waals surface area contributed by atoms with Gasteiger partial charge in [-0.25, -0.2) is 13.1 Å². The van der Waals surface area contributed by atoms with Crippen LogP contribution in [-0.2, 0) is 10.0 Å². The monoisotopic (exact) mass is 285 g/mol. The van der Waals surface area contributed by atoms with Crippen LogP contribution in [0.5, 0.6) is 0 Å². The lowest BCUT2D eigenvalue weighted by Crippen LogP contribution is -2.34. The number of hydrogen-bond donors (Lipinski definition) is 3. The third kappa shape index (κ3) is 6.21. The van der Waals surface area contributed by atoms with E-state index in [-0.39, 0.29) is 19.0 Å². The summed E-state index contributed by atoms with van der Waals surface area (Å²) in [4.78, 5) is 11.7. The SMILES string of the molecule is CCNc1ccc(C(=O)NCCNS(C)(=O)=O)cc1. The Morgan fingerprint density at radius 2 is 1.79 bits per heavy atom. The van der Waals surface area contributed by atoms with E-state index in [9.17, 15) is 13.2 Å². The van der Waals surface area contributed by atoms with Crippen LogP contribution in [0.3, 0.4) is 0 Å². The first-order valence-electron chi connectivity index (χ1n) is 5.99. The van der Waals surface area contributed by atoms with Crippen molar-refractivity contribution >= 4 is 21.6 Å². The zero-order chi connectivity index (χ0) is 14.3. The molecule has 1 rings (SSSR count). The van der Waals surface area contributed by atoms with E-state index in [1.54, 1.807) is 12.1 Å². The van der Waals surface area contributed by atoms with Gasteiger partial charge in [0.25, 0.3) is 5.91 Å². The normalized spacial score (nSPS) is 11.1. The lowest BCUT2D eigenvalue weighted by Gasteiger charge is -2.07. The van der Waals surface area contributed by atoms with Crippen molar-refractivity contribution in [2.45, 2.75) is 6.92 Å². The van der Waals surface area contributed by atoms with Gasteiger partial charge in [0.15, 0.2) is 0 Å². The van der Waals surface area contributed by atoms with Gasteiger partial charge in [-0.2, -0.15) is 0 Å². The predicted octanol–water partition coefficient (Wildman–Crippen LogP) is 0.397. The smallest absolute Gasteiger partial charge is 0.251 e. The zero-order valence-electron chi connectivity index (χ0n) is 11.1. The third-order valence-electron chi connectivity index (χ3n) is 2.30. The van der Waals surface area contributed by atoms with E-state index in [1.165, 1.54) is 0 Å². The number of sulfonamides is 1. The van der Waals surface area contributed by atoms with Crippen molar-refractivity contribution < 1.29 is 13.2 Å². The second-order valence-corrected chi connectivity index (χ2v) is 5.86. The number of amides is 1. The molecule has 3 N–H and O–H groups in total. The summed E-state index contributed by atoms with van der Waals surface area (Å²) in [7, 11) is -3.21. The van der Waals surface area contributed by atoms with Crippen molar-refractivity contribution in [3.63, 3.8) is 0 Å². The number of rotatable bonds is 7. The molecule has 0 aromatic heterocycles. The minimum atomic E-state index is -3.21. The minimum absolute atomic E-state index is 0.181. The number of hydrogen-bond acceptors (Lipinski definition) is 4. The fourth-order valence-electron chi connectivity index (χ4n) is 1.46. The summed E-state index contributed by atoms with van der Waals surface area (Å²) in [6.45, 7) is 3.25. The van der Waals surface area contributed by atoms with Crippen LogP contribution in [0.4, 0.5) is 5.69 Å². The Balaban J connectivity index is 2.41. The van der Waals surface area contributed by atoms with Gasteiger partial charge >= 0.3 is 0 Å². The average molecular weight is 285 g/mol. The van der Waals surface area contributed by atoms with Crippen LogP contribution in [0.15, 0.2) is 24.3 Å². The van der Waals surface area contributed by atoms with Gasteiger partial charge in [-0.3, -0.25) is 4.79 Å². The summed E-state index contributed by atoms with van der Waals surface area (Å²) in [6, 6.07) is 7.09. The number of benzene rings is 1. The minimum Gasteiger partial charge on any atom is -0.385 e. The molecule has 0 spiro atoms. The van der Waals surface area contributed by atoms with E-state index in [0.29, 0.717) is 5.56 Å². The molecule has 6 nitrogen and oxygen atoms in total. The molecular formula is C12H19N3O3S.